The van der Waals surface area contributed by atoms with Gasteiger partial charge in [0.15, 0.2) is 0 Å². The minimum Gasteiger partial charge on any atom is -0.462 e. The molecule has 8 nitrogen and oxygen atoms in total. The highest BCUT2D eigenvalue weighted by Crippen LogP contribution is 2.37. The van der Waals surface area contributed by atoms with Gasteiger partial charge in [0.25, 0.3) is 0 Å². The Hall–Kier alpha value is -3.60. The second kappa shape index (κ2) is 11.2. The van der Waals surface area contributed by atoms with Crippen molar-refractivity contribution in [3.8, 4) is 11.1 Å². The number of carbonyl (C=O) groups is 2. The smallest absolute Gasteiger partial charge is 0.389 e. The molecule has 0 bridgehead atoms. The number of aryl methyl sites for hydroxylation is 1. The van der Waals surface area contributed by atoms with Crippen LogP contribution >= 0.6 is 0 Å². The number of hydrogen-bond acceptors (Lipinski definition) is 7. The van der Waals surface area contributed by atoms with E-state index in [0.717, 1.165) is 0 Å². The number of rotatable bonds is 8. The Morgan fingerprint density at radius 2 is 1.62 bits per heavy atom. The molecule has 1 aliphatic heterocycles. The number of benzene rings is 1. The van der Waals surface area contributed by atoms with Crippen LogP contribution in [-0.4, -0.2) is 67.2 Å². The van der Waals surface area contributed by atoms with E-state index < -0.39 is 31.0 Å². The Bertz CT molecular complexity index is 1270. The van der Waals surface area contributed by atoms with Crippen molar-refractivity contribution in [3.05, 3.63) is 53.2 Å². The fourth-order valence-corrected chi connectivity index (χ4v) is 4.40. The van der Waals surface area contributed by atoms with E-state index in [0.29, 0.717) is 43.2 Å². The summed E-state index contributed by atoms with van der Waals surface area (Å²) >= 11 is 0. The first-order valence-electron chi connectivity index (χ1n) is 12.1. The zero-order valence-corrected chi connectivity index (χ0v) is 20.6. The number of halogens is 3. The van der Waals surface area contributed by atoms with E-state index in [9.17, 15) is 22.8 Å². The third kappa shape index (κ3) is 5.71. The molecule has 198 valence electrons. The Kier molecular flexibility index (Phi) is 8.01. The van der Waals surface area contributed by atoms with Crippen molar-refractivity contribution in [1.29, 1.82) is 0 Å². The van der Waals surface area contributed by atoms with E-state index in [1.807, 2.05) is 35.2 Å². The van der Waals surface area contributed by atoms with Crippen molar-refractivity contribution in [3.63, 3.8) is 0 Å². The van der Waals surface area contributed by atoms with Gasteiger partial charge in [0, 0.05) is 25.1 Å². The van der Waals surface area contributed by atoms with E-state index in [-0.39, 0.29) is 35.6 Å². The maximum atomic E-state index is 13.4. The molecule has 2 aromatic heterocycles. The third-order valence-corrected chi connectivity index (χ3v) is 6.00. The number of aromatic nitrogens is 2. The van der Waals surface area contributed by atoms with Crippen molar-refractivity contribution < 1.29 is 37.0 Å². The fraction of sp³-hybridized carbons (Fsp3) is 0.423. The van der Waals surface area contributed by atoms with Crippen LogP contribution in [0, 0.1) is 0 Å². The summed E-state index contributed by atoms with van der Waals surface area (Å²) < 4.78 is 57.3. The highest BCUT2D eigenvalue weighted by atomic mass is 19.4. The Morgan fingerprint density at radius 3 is 2.22 bits per heavy atom. The molecular weight excluding hydrogens is 491 g/mol. The lowest BCUT2D eigenvalue weighted by Gasteiger charge is -2.28. The summed E-state index contributed by atoms with van der Waals surface area (Å²) in [6.07, 6.45) is -6.28. The van der Waals surface area contributed by atoms with Crippen LogP contribution in [0.25, 0.3) is 16.6 Å². The van der Waals surface area contributed by atoms with Gasteiger partial charge in [-0.2, -0.15) is 13.2 Å². The van der Waals surface area contributed by atoms with Crippen molar-refractivity contribution in [2.24, 2.45) is 0 Å². The summed E-state index contributed by atoms with van der Waals surface area (Å²) in [5, 5.41) is 4.66. The number of ether oxygens (including phenoxy) is 3. The first-order chi connectivity index (χ1) is 17.7. The highest BCUT2D eigenvalue weighted by Gasteiger charge is 2.35. The summed E-state index contributed by atoms with van der Waals surface area (Å²) in [6.45, 7) is 5.17. The van der Waals surface area contributed by atoms with Gasteiger partial charge in [-0.15, -0.1) is 5.10 Å². The number of esters is 2. The van der Waals surface area contributed by atoms with Gasteiger partial charge in [-0.1, -0.05) is 30.3 Å². The number of nitrogens with zero attached hydrogens (tertiary/aromatic N) is 3. The van der Waals surface area contributed by atoms with Crippen LogP contribution in [0.5, 0.6) is 0 Å². The van der Waals surface area contributed by atoms with Crippen LogP contribution < -0.4 is 4.90 Å². The van der Waals surface area contributed by atoms with E-state index in [1.165, 1.54) is 4.52 Å². The van der Waals surface area contributed by atoms with Gasteiger partial charge in [0.2, 0.25) is 0 Å². The van der Waals surface area contributed by atoms with E-state index in [2.05, 4.69) is 5.10 Å². The summed E-state index contributed by atoms with van der Waals surface area (Å²) in [7, 11) is 0. The maximum absolute atomic E-state index is 13.4. The van der Waals surface area contributed by atoms with E-state index in [4.69, 9.17) is 14.2 Å². The number of alkyl halides is 3. The largest absolute Gasteiger partial charge is 0.462 e. The molecule has 1 fully saturated rings. The number of morpholine rings is 1. The van der Waals surface area contributed by atoms with Crippen LogP contribution in [0.1, 0.15) is 46.7 Å². The quantitative estimate of drug-likeness (QED) is 0.400. The van der Waals surface area contributed by atoms with Gasteiger partial charge in [0.1, 0.15) is 11.4 Å². The lowest BCUT2D eigenvalue weighted by molar-refractivity contribution is -0.134. The van der Waals surface area contributed by atoms with Crippen molar-refractivity contribution >= 4 is 23.3 Å². The highest BCUT2D eigenvalue weighted by molar-refractivity contribution is 6.12. The molecule has 0 spiro atoms. The molecule has 0 aliphatic carbocycles. The molecule has 4 rings (SSSR count). The molecule has 37 heavy (non-hydrogen) atoms. The molecular formula is C26H28F3N3O5. The Balaban J connectivity index is 2.09. The molecule has 1 aliphatic rings. The lowest BCUT2D eigenvalue weighted by Crippen LogP contribution is -2.37. The van der Waals surface area contributed by atoms with Crippen LogP contribution in [0.15, 0.2) is 36.4 Å². The molecule has 0 atom stereocenters. The standard InChI is InChI=1S/C26H28F3N3O5/c1-3-36-24(33)21-19(10-11-26(27,28)29)32-23(22(21)25(34)37-4-2)18(17-8-6-5-7-9-17)16-20(30-32)31-12-14-35-15-13-31/h5-9,16H,3-4,10-15H2,1-2H3. The Labute approximate surface area is 211 Å². The summed E-state index contributed by atoms with van der Waals surface area (Å²) in [5.41, 5.74) is 0.961. The van der Waals surface area contributed by atoms with Crippen LogP contribution in [0.4, 0.5) is 19.0 Å². The minimum absolute atomic E-state index is 0.0102. The van der Waals surface area contributed by atoms with E-state index in [1.54, 1.807) is 19.9 Å². The molecule has 0 radical (unpaired) electrons. The number of fused-ring (bicyclic) bond motifs is 1. The van der Waals surface area contributed by atoms with Gasteiger partial charge in [0.05, 0.1) is 43.2 Å². The van der Waals surface area contributed by atoms with Crippen molar-refractivity contribution in [2.45, 2.75) is 32.9 Å². The molecule has 1 saturated heterocycles. The SMILES string of the molecule is CCOC(=O)c1c(C(=O)OCC)c2c(-c3ccccc3)cc(N3CCOCC3)nn2c1CCC(F)(F)F. The molecule has 3 heterocycles. The molecule has 0 N–H and O–H groups in total. The fourth-order valence-electron chi connectivity index (χ4n) is 4.40. The van der Waals surface area contributed by atoms with Gasteiger partial charge < -0.3 is 19.1 Å². The zero-order valence-electron chi connectivity index (χ0n) is 20.6. The summed E-state index contributed by atoms with van der Waals surface area (Å²) in [4.78, 5) is 28.4. The van der Waals surface area contributed by atoms with Crippen molar-refractivity contribution in [2.75, 3.05) is 44.4 Å². The molecule has 3 aromatic rings. The summed E-state index contributed by atoms with van der Waals surface area (Å²) in [5.74, 6) is -1.25. The maximum Gasteiger partial charge on any atom is 0.389 e. The van der Waals surface area contributed by atoms with Gasteiger partial charge in [-0.05, 0) is 31.9 Å². The van der Waals surface area contributed by atoms with Crippen molar-refractivity contribution in [1.82, 2.24) is 9.61 Å². The monoisotopic (exact) mass is 519 g/mol. The predicted octanol–water partition coefficient (Wildman–Crippen LogP) is 4.69. The van der Waals surface area contributed by atoms with Crippen LogP contribution in [0.2, 0.25) is 0 Å². The Morgan fingerprint density at radius 1 is 1.00 bits per heavy atom. The second-order valence-corrected chi connectivity index (χ2v) is 8.39. The number of anilines is 1. The summed E-state index contributed by atoms with van der Waals surface area (Å²) in [6, 6.07) is 10.9. The average Bonchev–Trinajstić information content (AvgIpc) is 3.22. The molecule has 0 amide bonds. The second-order valence-electron chi connectivity index (χ2n) is 8.39. The normalized spacial score (nSPS) is 14.1. The number of hydrogen-bond donors (Lipinski definition) is 0. The zero-order chi connectivity index (χ0) is 26.6. The third-order valence-electron chi connectivity index (χ3n) is 6.00. The molecule has 1 aromatic carbocycles. The molecule has 0 unspecified atom stereocenters. The average molecular weight is 520 g/mol. The molecule has 0 saturated carbocycles. The molecule has 11 heteroatoms. The van der Waals surface area contributed by atoms with Crippen LogP contribution in [0.3, 0.4) is 0 Å². The lowest BCUT2D eigenvalue weighted by atomic mass is 10.0. The van der Waals surface area contributed by atoms with Crippen LogP contribution in [-0.2, 0) is 20.6 Å². The topological polar surface area (TPSA) is 82.4 Å². The minimum atomic E-state index is -4.50. The van der Waals surface area contributed by atoms with Gasteiger partial charge in [-0.3, -0.25) is 0 Å². The first-order valence-corrected chi connectivity index (χ1v) is 12.1. The van der Waals surface area contributed by atoms with Gasteiger partial charge in [-0.25, -0.2) is 14.1 Å². The number of carbonyl (C=O) groups excluding carboxylic acids is 2. The van der Waals surface area contributed by atoms with Gasteiger partial charge >= 0.3 is 18.1 Å². The van der Waals surface area contributed by atoms with E-state index >= 15 is 0 Å². The predicted molar refractivity (Wildman–Crippen MR) is 130 cm³/mol. The first kappa shape index (κ1) is 26.5.